The molecule has 0 bridgehead atoms. The number of rotatable bonds is 2. The van der Waals surface area contributed by atoms with E-state index in [1.165, 1.54) is 32.1 Å². The highest BCUT2D eigenvalue weighted by Gasteiger charge is 2.38. The monoisotopic (exact) mass is 354 g/mol. The van der Waals surface area contributed by atoms with Crippen LogP contribution < -0.4 is 10.2 Å². The Bertz CT molecular complexity index is 587. The highest BCUT2D eigenvalue weighted by Crippen LogP contribution is 2.41. The Hall–Kier alpha value is -0.690. The molecule has 0 unspecified atom stereocenters. The zero-order valence-corrected chi connectivity index (χ0v) is 14.8. The molecule has 1 amide bonds. The van der Waals surface area contributed by atoms with E-state index >= 15 is 0 Å². The van der Waals surface area contributed by atoms with Gasteiger partial charge in [-0.05, 0) is 12.8 Å². The molecule has 0 radical (unpaired) electrons. The molecule has 1 N–H and O–H groups in total. The Morgan fingerprint density at radius 3 is 2.83 bits per heavy atom. The molecular formula is C16H23ClN4OS. The Labute approximate surface area is 146 Å². The first-order valence-corrected chi connectivity index (χ1v) is 9.86. The smallest absolute Gasteiger partial charge is 0.246 e. The molecule has 1 saturated carbocycles. The lowest BCUT2D eigenvalue weighted by Gasteiger charge is -2.42. The number of carbonyl (C=O) groups is 1. The molecule has 0 spiro atoms. The van der Waals surface area contributed by atoms with Crippen LogP contribution in [0, 0.1) is 0 Å². The first-order chi connectivity index (χ1) is 11.2. The number of amides is 1. The zero-order valence-electron chi connectivity index (χ0n) is 13.3. The minimum absolute atomic E-state index is 0.0474. The van der Waals surface area contributed by atoms with Crippen LogP contribution in [0.3, 0.4) is 0 Å². The van der Waals surface area contributed by atoms with E-state index in [-0.39, 0.29) is 11.9 Å². The van der Waals surface area contributed by atoms with Gasteiger partial charge in [-0.2, -0.15) is 0 Å². The summed E-state index contributed by atoms with van der Waals surface area (Å²) >= 11 is 8.05. The molecule has 3 fully saturated rings. The third kappa shape index (κ3) is 3.02. The Kier molecular flexibility index (Phi) is 4.58. The quantitative estimate of drug-likeness (QED) is 0.886. The molecule has 1 aliphatic carbocycles. The van der Waals surface area contributed by atoms with Gasteiger partial charge in [-0.3, -0.25) is 14.6 Å². The minimum Gasteiger partial charge on any atom is -0.313 e. The van der Waals surface area contributed by atoms with Gasteiger partial charge in [0.25, 0.3) is 0 Å². The topological polar surface area (TPSA) is 48.5 Å². The van der Waals surface area contributed by atoms with Gasteiger partial charge in [-0.1, -0.05) is 42.2 Å². The van der Waals surface area contributed by atoms with Crippen molar-refractivity contribution in [3.05, 3.63) is 10.2 Å². The standard InChI is InChI=1S/C16H23ClN4OS/c17-13-16(23-14(19-13)11-4-2-1-3-5-11)21-9-8-20-7-6-18-10-12(20)15(21)22/h11-12,18H,1-10H2/t12-/m1/s1. The van der Waals surface area contributed by atoms with Gasteiger partial charge in [0.2, 0.25) is 5.91 Å². The highest BCUT2D eigenvalue weighted by molar-refractivity contribution is 7.16. The first-order valence-electron chi connectivity index (χ1n) is 8.66. The number of thiazole rings is 1. The number of carbonyl (C=O) groups excluding carboxylic acids is 1. The number of fused-ring (bicyclic) bond motifs is 1. The van der Waals surface area contributed by atoms with Crippen LogP contribution in [0.1, 0.15) is 43.0 Å². The molecule has 1 aromatic heterocycles. The summed E-state index contributed by atoms with van der Waals surface area (Å²) in [6, 6.07) is -0.0474. The number of hydrogen-bond acceptors (Lipinski definition) is 5. The average molecular weight is 355 g/mol. The summed E-state index contributed by atoms with van der Waals surface area (Å²) in [5.41, 5.74) is 0. The lowest BCUT2D eigenvalue weighted by Crippen LogP contribution is -2.64. The fraction of sp³-hybridized carbons (Fsp3) is 0.750. The number of piperazine rings is 2. The van der Waals surface area contributed by atoms with Crippen molar-refractivity contribution in [2.75, 3.05) is 37.6 Å². The molecule has 126 valence electrons. The third-order valence-electron chi connectivity index (χ3n) is 5.30. The second kappa shape index (κ2) is 6.67. The van der Waals surface area contributed by atoms with Crippen molar-refractivity contribution in [1.29, 1.82) is 0 Å². The maximum absolute atomic E-state index is 12.9. The van der Waals surface area contributed by atoms with Crippen molar-refractivity contribution in [2.24, 2.45) is 0 Å². The van der Waals surface area contributed by atoms with Gasteiger partial charge >= 0.3 is 0 Å². The largest absolute Gasteiger partial charge is 0.313 e. The molecule has 2 saturated heterocycles. The molecule has 1 aromatic rings. The van der Waals surface area contributed by atoms with E-state index < -0.39 is 0 Å². The molecular weight excluding hydrogens is 332 g/mol. The molecule has 0 aromatic carbocycles. The predicted octanol–water partition coefficient (Wildman–Crippen LogP) is 2.46. The van der Waals surface area contributed by atoms with Crippen LogP contribution in [0.4, 0.5) is 5.00 Å². The average Bonchev–Trinajstić information content (AvgIpc) is 2.98. The summed E-state index contributed by atoms with van der Waals surface area (Å²) in [6.45, 7) is 4.30. The van der Waals surface area contributed by atoms with E-state index in [4.69, 9.17) is 11.6 Å². The van der Waals surface area contributed by atoms with Gasteiger partial charge in [0.1, 0.15) is 11.0 Å². The number of nitrogens with one attached hydrogen (secondary N) is 1. The van der Waals surface area contributed by atoms with Crippen molar-refractivity contribution in [3.8, 4) is 0 Å². The molecule has 2 aliphatic heterocycles. The maximum Gasteiger partial charge on any atom is 0.246 e. The molecule has 1 atom stereocenters. The summed E-state index contributed by atoms with van der Waals surface area (Å²) in [4.78, 5) is 21.6. The molecule has 7 heteroatoms. The van der Waals surface area contributed by atoms with E-state index in [1.807, 2.05) is 4.90 Å². The van der Waals surface area contributed by atoms with Crippen LogP contribution in [-0.4, -0.2) is 54.6 Å². The van der Waals surface area contributed by atoms with E-state index in [1.54, 1.807) is 11.3 Å². The second-order valence-corrected chi connectivity index (χ2v) is 8.10. The fourth-order valence-electron chi connectivity index (χ4n) is 3.98. The lowest BCUT2D eigenvalue weighted by atomic mass is 9.90. The van der Waals surface area contributed by atoms with Gasteiger partial charge in [0, 0.05) is 38.6 Å². The third-order valence-corrected chi connectivity index (χ3v) is 6.92. The van der Waals surface area contributed by atoms with Crippen LogP contribution in [0.25, 0.3) is 0 Å². The second-order valence-electron chi connectivity index (χ2n) is 6.73. The van der Waals surface area contributed by atoms with E-state index in [0.29, 0.717) is 11.1 Å². The Morgan fingerprint density at radius 2 is 2.00 bits per heavy atom. The molecule has 4 rings (SSSR count). The van der Waals surface area contributed by atoms with Crippen molar-refractivity contribution in [3.63, 3.8) is 0 Å². The molecule has 23 heavy (non-hydrogen) atoms. The zero-order chi connectivity index (χ0) is 15.8. The number of aromatic nitrogens is 1. The number of anilines is 1. The fourth-order valence-corrected chi connectivity index (χ4v) is 5.49. The van der Waals surface area contributed by atoms with Gasteiger partial charge in [0.05, 0.1) is 5.01 Å². The Morgan fingerprint density at radius 1 is 1.17 bits per heavy atom. The lowest BCUT2D eigenvalue weighted by molar-refractivity contribution is -0.126. The van der Waals surface area contributed by atoms with Crippen LogP contribution in [0.2, 0.25) is 5.15 Å². The molecule has 3 heterocycles. The molecule has 3 aliphatic rings. The van der Waals surface area contributed by atoms with E-state index in [0.717, 1.165) is 42.7 Å². The van der Waals surface area contributed by atoms with Crippen molar-refractivity contribution >= 4 is 33.8 Å². The van der Waals surface area contributed by atoms with E-state index in [9.17, 15) is 4.79 Å². The van der Waals surface area contributed by atoms with Crippen LogP contribution in [-0.2, 0) is 4.79 Å². The van der Waals surface area contributed by atoms with Gasteiger partial charge in [0.15, 0.2) is 5.15 Å². The summed E-state index contributed by atoms with van der Waals surface area (Å²) < 4.78 is 0. The first kappa shape index (κ1) is 15.8. The van der Waals surface area contributed by atoms with Crippen molar-refractivity contribution in [2.45, 2.75) is 44.1 Å². The molecule has 5 nitrogen and oxygen atoms in total. The predicted molar refractivity (Wildman–Crippen MR) is 93.5 cm³/mol. The van der Waals surface area contributed by atoms with E-state index in [2.05, 4.69) is 15.2 Å². The van der Waals surface area contributed by atoms with Crippen LogP contribution in [0.5, 0.6) is 0 Å². The summed E-state index contributed by atoms with van der Waals surface area (Å²) in [7, 11) is 0. The minimum atomic E-state index is -0.0474. The summed E-state index contributed by atoms with van der Waals surface area (Å²) in [6.07, 6.45) is 6.30. The van der Waals surface area contributed by atoms with Crippen LogP contribution in [0.15, 0.2) is 0 Å². The highest BCUT2D eigenvalue weighted by atomic mass is 35.5. The Balaban J connectivity index is 1.55. The maximum atomic E-state index is 12.9. The normalized spacial score (nSPS) is 27.3. The summed E-state index contributed by atoms with van der Waals surface area (Å²) in [5, 5.41) is 5.83. The summed E-state index contributed by atoms with van der Waals surface area (Å²) in [5.74, 6) is 0.705. The van der Waals surface area contributed by atoms with Gasteiger partial charge in [-0.25, -0.2) is 4.98 Å². The number of halogens is 1. The van der Waals surface area contributed by atoms with Gasteiger partial charge in [-0.15, -0.1) is 0 Å². The van der Waals surface area contributed by atoms with Crippen LogP contribution >= 0.6 is 22.9 Å². The number of hydrogen-bond donors (Lipinski definition) is 1. The van der Waals surface area contributed by atoms with Crippen molar-refractivity contribution < 1.29 is 4.79 Å². The van der Waals surface area contributed by atoms with Gasteiger partial charge < -0.3 is 5.32 Å². The van der Waals surface area contributed by atoms with Crippen molar-refractivity contribution in [1.82, 2.24) is 15.2 Å². The number of nitrogens with zero attached hydrogens (tertiary/aromatic N) is 3. The SMILES string of the molecule is O=C1[C@H]2CNCCN2CCN1c1sc(C2CCCCC2)nc1Cl.